The van der Waals surface area contributed by atoms with Crippen LogP contribution in [-0.2, 0) is 0 Å². The highest BCUT2D eigenvalue weighted by Gasteiger charge is 2.16. The second-order valence-electron chi connectivity index (χ2n) is 5.11. The lowest BCUT2D eigenvalue weighted by molar-refractivity contribution is 0.865. The summed E-state index contributed by atoms with van der Waals surface area (Å²) < 4.78 is 1.94. The lowest BCUT2D eigenvalue weighted by atomic mass is 10.2. The molecule has 0 bridgehead atoms. The molecule has 1 aromatic carbocycles. The van der Waals surface area contributed by atoms with Gasteiger partial charge in [0, 0.05) is 30.2 Å². The number of aromatic nitrogens is 1. The molecule has 0 spiro atoms. The number of benzene rings is 1. The first-order valence-corrected chi connectivity index (χ1v) is 7.27. The Morgan fingerprint density at radius 1 is 1.14 bits per heavy atom. The average molecular weight is 282 g/mol. The Kier molecular flexibility index (Phi) is 4.23. The maximum absolute atomic E-state index is 9.21. The van der Waals surface area contributed by atoms with Crippen LogP contribution in [0.25, 0.3) is 5.69 Å². The van der Waals surface area contributed by atoms with Crippen molar-refractivity contribution in [1.29, 1.82) is 5.26 Å². The maximum Gasteiger partial charge on any atom is 0.126 e. The first-order chi connectivity index (χ1) is 10.0. The second-order valence-corrected chi connectivity index (χ2v) is 5.11. The lowest BCUT2D eigenvalue weighted by Crippen LogP contribution is -2.21. The standard InChI is InChI=1S/C17H22N4/c1-5-20(6-2)14-7-9-15(10-8-14)21-13(4)12(3)16(11-18)17(21)19/h7-10H,5-6,19H2,1-4H3. The van der Waals surface area contributed by atoms with Crippen molar-refractivity contribution in [3.8, 4) is 11.8 Å². The smallest absolute Gasteiger partial charge is 0.126 e. The molecular weight excluding hydrogens is 260 g/mol. The van der Waals surface area contributed by atoms with Crippen molar-refractivity contribution < 1.29 is 0 Å². The number of nitrogen functional groups attached to an aromatic ring is 1. The predicted octanol–water partition coefficient (Wildman–Crippen LogP) is 3.39. The van der Waals surface area contributed by atoms with Gasteiger partial charge in [0.05, 0.1) is 5.56 Å². The predicted molar refractivity (Wildman–Crippen MR) is 87.9 cm³/mol. The summed E-state index contributed by atoms with van der Waals surface area (Å²) in [5.41, 5.74) is 10.8. The second kappa shape index (κ2) is 5.92. The van der Waals surface area contributed by atoms with Crippen LogP contribution in [0.3, 0.4) is 0 Å². The van der Waals surface area contributed by atoms with Crippen molar-refractivity contribution >= 4 is 11.5 Å². The number of nitriles is 1. The van der Waals surface area contributed by atoms with Crippen molar-refractivity contribution in [3.63, 3.8) is 0 Å². The van der Waals surface area contributed by atoms with Crippen LogP contribution in [0.5, 0.6) is 0 Å². The van der Waals surface area contributed by atoms with Crippen molar-refractivity contribution in [2.75, 3.05) is 23.7 Å². The number of anilines is 2. The Bertz CT molecular complexity index is 670. The van der Waals surface area contributed by atoms with Crippen LogP contribution < -0.4 is 10.6 Å². The van der Waals surface area contributed by atoms with E-state index in [1.807, 2.05) is 18.4 Å². The zero-order valence-electron chi connectivity index (χ0n) is 13.1. The van der Waals surface area contributed by atoms with Crippen molar-refractivity contribution in [3.05, 3.63) is 41.1 Å². The Morgan fingerprint density at radius 3 is 2.14 bits per heavy atom. The number of hydrogen-bond acceptors (Lipinski definition) is 3. The molecule has 110 valence electrons. The fourth-order valence-electron chi connectivity index (χ4n) is 2.71. The van der Waals surface area contributed by atoms with Crippen LogP contribution in [-0.4, -0.2) is 17.7 Å². The topological polar surface area (TPSA) is 58.0 Å². The van der Waals surface area contributed by atoms with E-state index in [4.69, 9.17) is 5.73 Å². The number of rotatable bonds is 4. The minimum absolute atomic E-state index is 0.517. The molecule has 1 aromatic heterocycles. The van der Waals surface area contributed by atoms with Gasteiger partial charge in [-0.05, 0) is 57.5 Å². The third kappa shape index (κ3) is 2.47. The summed E-state index contributed by atoms with van der Waals surface area (Å²) in [6.45, 7) is 10.2. The van der Waals surface area contributed by atoms with E-state index in [1.165, 1.54) is 5.69 Å². The highest BCUT2D eigenvalue weighted by Crippen LogP contribution is 2.28. The third-order valence-corrected chi connectivity index (χ3v) is 4.10. The molecule has 0 aliphatic rings. The summed E-state index contributed by atoms with van der Waals surface area (Å²) in [7, 11) is 0. The van der Waals surface area contributed by atoms with Crippen LogP contribution in [0.1, 0.15) is 30.7 Å². The molecule has 0 saturated heterocycles. The molecule has 2 rings (SSSR count). The summed E-state index contributed by atoms with van der Waals surface area (Å²) in [5.74, 6) is 0.517. The van der Waals surface area contributed by atoms with Crippen molar-refractivity contribution in [2.45, 2.75) is 27.7 Å². The Morgan fingerprint density at radius 2 is 1.71 bits per heavy atom. The molecule has 2 aromatic rings. The summed E-state index contributed by atoms with van der Waals surface area (Å²) in [4.78, 5) is 2.29. The van der Waals surface area contributed by atoms with Crippen LogP contribution in [0.15, 0.2) is 24.3 Å². The van der Waals surface area contributed by atoms with E-state index in [9.17, 15) is 5.26 Å². The summed E-state index contributed by atoms with van der Waals surface area (Å²) in [6, 6.07) is 10.5. The minimum atomic E-state index is 0.517. The van der Waals surface area contributed by atoms with Crippen LogP contribution in [0.4, 0.5) is 11.5 Å². The van der Waals surface area contributed by atoms with E-state index in [2.05, 4.69) is 49.1 Å². The van der Waals surface area contributed by atoms with E-state index >= 15 is 0 Å². The van der Waals surface area contributed by atoms with Crippen molar-refractivity contribution in [2.24, 2.45) is 0 Å². The maximum atomic E-state index is 9.21. The van der Waals surface area contributed by atoms with Crippen molar-refractivity contribution in [1.82, 2.24) is 4.57 Å². The summed E-state index contributed by atoms with van der Waals surface area (Å²) in [6.07, 6.45) is 0. The van der Waals surface area contributed by atoms with E-state index < -0.39 is 0 Å². The van der Waals surface area contributed by atoms with Gasteiger partial charge in [-0.1, -0.05) is 0 Å². The van der Waals surface area contributed by atoms with Gasteiger partial charge in [0.2, 0.25) is 0 Å². The van der Waals surface area contributed by atoms with Crippen LogP contribution >= 0.6 is 0 Å². The SMILES string of the molecule is CCN(CC)c1ccc(-n2c(C)c(C)c(C#N)c2N)cc1. The first kappa shape index (κ1) is 15.0. The Balaban J connectivity index is 2.47. The van der Waals surface area contributed by atoms with Gasteiger partial charge in [-0.3, -0.25) is 4.57 Å². The zero-order chi connectivity index (χ0) is 15.6. The molecule has 1 heterocycles. The monoisotopic (exact) mass is 282 g/mol. The molecule has 0 fully saturated rings. The molecule has 21 heavy (non-hydrogen) atoms. The lowest BCUT2D eigenvalue weighted by Gasteiger charge is -2.21. The van der Waals surface area contributed by atoms with Crippen LogP contribution in [0.2, 0.25) is 0 Å². The van der Waals surface area contributed by atoms with E-state index in [-0.39, 0.29) is 0 Å². The van der Waals surface area contributed by atoms with Gasteiger partial charge in [0.15, 0.2) is 0 Å². The average Bonchev–Trinajstić information content (AvgIpc) is 2.71. The van der Waals surface area contributed by atoms with Crippen LogP contribution in [0, 0.1) is 25.2 Å². The molecule has 0 aliphatic heterocycles. The molecule has 0 unspecified atom stereocenters. The van der Waals surface area contributed by atoms with Gasteiger partial charge in [0.25, 0.3) is 0 Å². The highest BCUT2D eigenvalue weighted by atomic mass is 15.1. The third-order valence-electron chi connectivity index (χ3n) is 4.10. The molecule has 0 amide bonds. The van der Waals surface area contributed by atoms with Gasteiger partial charge in [-0.25, -0.2) is 0 Å². The Hall–Kier alpha value is -2.41. The largest absolute Gasteiger partial charge is 0.384 e. The molecule has 0 radical (unpaired) electrons. The normalized spacial score (nSPS) is 10.4. The van der Waals surface area contributed by atoms with E-state index in [0.29, 0.717) is 11.4 Å². The van der Waals surface area contributed by atoms with Gasteiger partial charge >= 0.3 is 0 Å². The van der Waals surface area contributed by atoms with Gasteiger partial charge in [-0.15, -0.1) is 0 Å². The zero-order valence-corrected chi connectivity index (χ0v) is 13.1. The van der Waals surface area contributed by atoms with E-state index in [0.717, 1.165) is 30.0 Å². The Labute approximate surface area is 126 Å². The van der Waals surface area contributed by atoms with Gasteiger partial charge in [0.1, 0.15) is 11.9 Å². The van der Waals surface area contributed by atoms with Gasteiger partial charge in [-0.2, -0.15) is 5.26 Å². The quantitative estimate of drug-likeness (QED) is 0.935. The number of nitrogens with zero attached hydrogens (tertiary/aromatic N) is 3. The molecule has 0 saturated carbocycles. The summed E-state index contributed by atoms with van der Waals surface area (Å²) >= 11 is 0. The molecule has 0 aliphatic carbocycles. The van der Waals surface area contributed by atoms with Gasteiger partial charge < -0.3 is 10.6 Å². The first-order valence-electron chi connectivity index (χ1n) is 7.27. The summed E-state index contributed by atoms with van der Waals surface area (Å²) in [5, 5.41) is 9.21. The molecule has 4 nitrogen and oxygen atoms in total. The molecule has 4 heteroatoms. The molecule has 0 atom stereocenters. The number of nitrogens with two attached hydrogens (primary N) is 1. The minimum Gasteiger partial charge on any atom is -0.384 e. The fraction of sp³-hybridized carbons (Fsp3) is 0.353. The number of hydrogen-bond donors (Lipinski definition) is 1. The van der Waals surface area contributed by atoms with E-state index in [1.54, 1.807) is 0 Å². The molecular formula is C17H22N4. The highest BCUT2D eigenvalue weighted by molar-refractivity contribution is 5.63. The fourth-order valence-corrected chi connectivity index (χ4v) is 2.71. The molecule has 2 N–H and O–H groups in total.